The van der Waals surface area contributed by atoms with E-state index in [1.54, 1.807) is 24.4 Å². The van der Waals surface area contributed by atoms with Crippen molar-refractivity contribution < 1.29 is 13.5 Å². The maximum absolute atomic E-state index is 14.3. The van der Waals surface area contributed by atoms with Gasteiger partial charge in [0.05, 0.1) is 17.7 Å². The third-order valence-electron chi connectivity index (χ3n) is 4.91. The lowest BCUT2D eigenvalue weighted by molar-refractivity contribution is -0.111. The van der Waals surface area contributed by atoms with Gasteiger partial charge in [0.25, 0.3) is 5.92 Å². The zero-order chi connectivity index (χ0) is 18.7. The lowest BCUT2D eigenvalue weighted by Gasteiger charge is -2.31. The molecule has 0 spiro atoms. The highest BCUT2D eigenvalue weighted by atomic mass is 19.3. The van der Waals surface area contributed by atoms with E-state index in [0.717, 1.165) is 24.6 Å². The number of H-pyrrole nitrogens is 1. The number of ether oxygens (including phenoxy) is 1. The van der Waals surface area contributed by atoms with Crippen molar-refractivity contribution in [3.8, 4) is 0 Å². The first-order chi connectivity index (χ1) is 13.1. The fraction of sp³-hybridized carbons (Fsp3) is 0.421. The van der Waals surface area contributed by atoms with Crippen molar-refractivity contribution in [1.82, 2.24) is 20.2 Å². The molecular weight excluding hydrogens is 352 g/mol. The molecule has 142 valence electrons. The highest BCUT2D eigenvalue weighted by Crippen LogP contribution is 2.31. The van der Waals surface area contributed by atoms with E-state index in [2.05, 4.69) is 25.5 Å². The summed E-state index contributed by atoms with van der Waals surface area (Å²) >= 11 is 0. The standard InChI is InChI=1S/C19H21F2N5O/c20-19(21,13-5-2-1-3-6-13)11-27-15-8-4-7-14(9-15)25-17-16-10-24-26-18(16)23-12-22-17/h1-3,5-6,10,12,14-15H,4,7-9,11H2,(H2,22,23,24,25,26). The third-order valence-corrected chi connectivity index (χ3v) is 4.91. The number of nitrogens with zero attached hydrogens (tertiary/aromatic N) is 3. The molecule has 3 aromatic rings. The summed E-state index contributed by atoms with van der Waals surface area (Å²) in [5.41, 5.74) is 0.650. The first-order valence-corrected chi connectivity index (χ1v) is 9.07. The molecule has 2 heterocycles. The highest BCUT2D eigenvalue weighted by Gasteiger charge is 2.34. The molecule has 0 aliphatic heterocycles. The van der Waals surface area contributed by atoms with Gasteiger partial charge in [-0.05, 0) is 25.7 Å². The fourth-order valence-corrected chi connectivity index (χ4v) is 3.49. The molecule has 4 rings (SSSR count). The van der Waals surface area contributed by atoms with E-state index in [4.69, 9.17) is 4.74 Å². The number of halogens is 2. The number of aromatic nitrogens is 4. The van der Waals surface area contributed by atoms with Crippen molar-refractivity contribution in [3.63, 3.8) is 0 Å². The molecule has 1 aromatic carbocycles. The molecule has 1 saturated carbocycles. The van der Waals surface area contributed by atoms with E-state index in [1.165, 1.54) is 18.5 Å². The van der Waals surface area contributed by atoms with E-state index in [1.807, 2.05) is 0 Å². The van der Waals surface area contributed by atoms with Crippen molar-refractivity contribution in [1.29, 1.82) is 0 Å². The number of alkyl halides is 2. The minimum atomic E-state index is -2.99. The number of aromatic amines is 1. The van der Waals surface area contributed by atoms with Gasteiger partial charge in [0, 0.05) is 11.6 Å². The molecule has 1 fully saturated rings. The molecule has 2 aromatic heterocycles. The number of hydrogen-bond acceptors (Lipinski definition) is 5. The van der Waals surface area contributed by atoms with E-state index < -0.39 is 12.5 Å². The summed E-state index contributed by atoms with van der Waals surface area (Å²) < 4.78 is 34.3. The Morgan fingerprint density at radius 3 is 2.89 bits per heavy atom. The summed E-state index contributed by atoms with van der Waals surface area (Å²) in [6.45, 7) is -0.603. The molecule has 2 unspecified atom stereocenters. The summed E-state index contributed by atoms with van der Waals surface area (Å²) in [6, 6.07) is 7.92. The van der Waals surface area contributed by atoms with Crippen LogP contribution in [0, 0.1) is 0 Å². The Kier molecular flexibility index (Phi) is 4.98. The Morgan fingerprint density at radius 2 is 2.04 bits per heavy atom. The Hall–Kier alpha value is -2.61. The maximum Gasteiger partial charge on any atom is 0.296 e. The Bertz CT molecular complexity index is 886. The van der Waals surface area contributed by atoms with Crippen molar-refractivity contribution in [2.45, 2.75) is 43.8 Å². The molecule has 0 radical (unpaired) electrons. The van der Waals surface area contributed by atoms with E-state index in [0.29, 0.717) is 17.9 Å². The minimum absolute atomic E-state index is 0.0150. The van der Waals surface area contributed by atoms with Gasteiger partial charge in [-0.1, -0.05) is 30.3 Å². The Balaban J connectivity index is 1.36. The van der Waals surface area contributed by atoms with Crippen LogP contribution in [0.1, 0.15) is 31.2 Å². The number of anilines is 1. The molecule has 1 aliphatic carbocycles. The molecule has 2 atom stereocenters. The average molecular weight is 373 g/mol. The van der Waals surface area contributed by atoms with Gasteiger partial charge in [-0.3, -0.25) is 5.10 Å². The zero-order valence-corrected chi connectivity index (χ0v) is 14.7. The van der Waals surface area contributed by atoms with Crippen LogP contribution in [0.4, 0.5) is 14.6 Å². The molecule has 0 amide bonds. The van der Waals surface area contributed by atoms with Crippen molar-refractivity contribution in [3.05, 3.63) is 48.4 Å². The normalized spacial score (nSPS) is 20.7. The van der Waals surface area contributed by atoms with Gasteiger partial charge in [-0.25, -0.2) is 9.97 Å². The van der Waals surface area contributed by atoms with Crippen LogP contribution >= 0.6 is 0 Å². The topological polar surface area (TPSA) is 75.7 Å². The zero-order valence-electron chi connectivity index (χ0n) is 14.7. The fourth-order valence-electron chi connectivity index (χ4n) is 3.49. The van der Waals surface area contributed by atoms with E-state index >= 15 is 0 Å². The van der Waals surface area contributed by atoms with Gasteiger partial charge < -0.3 is 10.1 Å². The number of rotatable bonds is 6. The average Bonchev–Trinajstić information content (AvgIpc) is 3.18. The number of nitrogens with one attached hydrogen (secondary N) is 2. The smallest absolute Gasteiger partial charge is 0.296 e. The molecule has 27 heavy (non-hydrogen) atoms. The second-order valence-electron chi connectivity index (χ2n) is 6.87. The lowest BCUT2D eigenvalue weighted by Crippen LogP contribution is -2.34. The summed E-state index contributed by atoms with van der Waals surface area (Å²) in [5.74, 6) is -2.29. The second kappa shape index (κ2) is 7.56. The van der Waals surface area contributed by atoms with Crippen molar-refractivity contribution >= 4 is 16.9 Å². The van der Waals surface area contributed by atoms with Crippen LogP contribution in [-0.4, -0.2) is 38.9 Å². The summed E-state index contributed by atoms with van der Waals surface area (Å²) in [7, 11) is 0. The van der Waals surface area contributed by atoms with Crippen LogP contribution in [0.2, 0.25) is 0 Å². The number of benzene rings is 1. The lowest BCUT2D eigenvalue weighted by atomic mass is 9.92. The van der Waals surface area contributed by atoms with Crippen molar-refractivity contribution in [2.24, 2.45) is 0 Å². The Labute approximate surface area is 155 Å². The summed E-state index contributed by atoms with van der Waals surface area (Å²) in [5, 5.41) is 11.0. The maximum atomic E-state index is 14.3. The van der Waals surface area contributed by atoms with Gasteiger partial charge in [-0.15, -0.1) is 0 Å². The summed E-state index contributed by atoms with van der Waals surface area (Å²) in [6.07, 6.45) is 6.25. The van der Waals surface area contributed by atoms with Gasteiger partial charge in [-0.2, -0.15) is 13.9 Å². The van der Waals surface area contributed by atoms with Crippen LogP contribution in [-0.2, 0) is 10.7 Å². The molecule has 2 N–H and O–H groups in total. The first-order valence-electron chi connectivity index (χ1n) is 9.07. The monoisotopic (exact) mass is 373 g/mol. The molecular formula is C19H21F2N5O. The van der Waals surface area contributed by atoms with Gasteiger partial charge in [0.2, 0.25) is 0 Å². The van der Waals surface area contributed by atoms with Crippen LogP contribution in [0.25, 0.3) is 11.0 Å². The van der Waals surface area contributed by atoms with E-state index in [-0.39, 0.29) is 17.7 Å². The van der Waals surface area contributed by atoms with Crippen LogP contribution < -0.4 is 5.32 Å². The van der Waals surface area contributed by atoms with Crippen LogP contribution in [0.3, 0.4) is 0 Å². The van der Waals surface area contributed by atoms with E-state index in [9.17, 15) is 8.78 Å². The number of fused-ring (bicyclic) bond motifs is 1. The predicted octanol–water partition coefficient (Wildman–Crippen LogP) is 3.88. The number of hydrogen-bond donors (Lipinski definition) is 2. The Morgan fingerprint density at radius 1 is 1.19 bits per heavy atom. The largest absolute Gasteiger partial charge is 0.371 e. The minimum Gasteiger partial charge on any atom is -0.371 e. The van der Waals surface area contributed by atoms with Gasteiger partial charge >= 0.3 is 0 Å². The third kappa shape index (κ3) is 4.05. The molecule has 0 saturated heterocycles. The second-order valence-corrected chi connectivity index (χ2v) is 6.87. The molecule has 0 bridgehead atoms. The van der Waals surface area contributed by atoms with Crippen LogP contribution in [0.5, 0.6) is 0 Å². The van der Waals surface area contributed by atoms with Crippen LogP contribution in [0.15, 0.2) is 42.9 Å². The summed E-state index contributed by atoms with van der Waals surface area (Å²) in [4.78, 5) is 8.40. The van der Waals surface area contributed by atoms with Gasteiger partial charge in [0.1, 0.15) is 18.8 Å². The molecule has 1 aliphatic rings. The molecule has 6 nitrogen and oxygen atoms in total. The predicted molar refractivity (Wildman–Crippen MR) is 97.6 cm³/mol. The first kappa shape index (κ1) is 17.8. The SMILES string of the molecule is FC(F)(COC1CCCC(Nc2ncnc3[nH]ncc23)C1)c1ccccc1. The van der Waals surface area contributed by atoms with Gasteiger partial charge in [0.15, 0.2) is 5.65 Å². The van der Waals surface area contributed by atoms with Crippen molar-refractivity contribution in [2.75, 3.05) is 11.9 Å². The molecule has 8 heteroatoms. The quantitative estimate of drug-likeness (QED) is 0.686. The highest BCUT2D eigenvalue weighted by molar-refractivity contribution is 5.85.